The van der Waals surface area contributed by atoms with Gasteiger partial charge in [-0.25, -0.2) is 4.39 Å². The van der Waals surface area contributed by atoms with Crippen LogP contribution in [0.15, 0.2) is 22.7 Å². The molecular formula is C14H18BrFN2O2. The predicted octanol–water partition coefficient (Wildman–Crippen LogP) is 3.08. The van der Waals surface area contributed by atoms with E-state index in [1.54, 1.807) is 33.8 Å². The summed E-state index contributed by atoms with van der Waals surface area (Å²) in [5.74, 6) is -1.25. The first-order chi connectivity index (χ1) is 9.11. The van der Waals surface area contributed by atoms with E-state index in [-0.39, 0.29) is 11.6 Å². The average molecular weight is 345 g/mol. The number of rotatable bonds is 3. The Morgan fingerprint density at radius 1 is 1.30 bits per heavy atom. The highest BCUT2D eigenvalue weighted by molar-refractivity contribution is 9.10. The maximum atomic E-state index is 13.6. The molecule has 0 saturated heterocycles. The topological polar surface area (TPSA) is 58.2 Å². The van der Waals surface area contributed by atoms with E-state index in [0.29, 0.717) is 4.47 Å². The number of amides is 2. The zero-order chi connectivity index (χ0) is 15.5. The fourth-order valence-electron chi connectivity index (χ4n) is 1.31. The van der Waals surface area contributed by atoms with Crippen LogP contribution in [0.5, 0.6) is 0 Å². The van der Waals surface area contributed by atoms with Gasteiger partial charge in [0.2, 0.25) is 11.8 Å². The number of halogens is 2. The molecule has 1 unspecified atom stereocenters. The highest BCUT2D eigenvalue weighted by atomic mass is 79.9. The van der Waals surface area contributed by atoms with E-state index in [1.165, 1.54) is 12.1 Å². The molecule has 0 bridgehead atoms. The molecule has 0 aromatic heterocycles. The van der Waals surface area contributed by atoms with Gasteiger partial charge in [-0.3, -0.25) is 9.59 Å². The normalized spacial score (nSPS) is 12.7. The summed E-state index contributed by atoms with van der Waals surface area (Å²) in [6.45, 7) is 6.81. The molecule has 0 heterocycles. The maximum Gasteiger partial charge on any atom is 0.246 e. The smallest absolute Gasteiger partial charge is 0.246 e. The van der Waals surface area contributed by atoms with Crippen molar-refractivity contribution in [3.63, 3.8) is 0 Å². The first kappa shape index (κ1) is 16.6. The fourth-order valence-corrected chi connectivity index (χ4v) is 1.64. The zero-order valence-corrected chi connectivity index (χ0v) is 13.5. The lowest BCUT2D eigenvalue weighted by Gasteiger charge is -2.21. The Kier molecular flexibility index (Phi) is 5.28. The van der Waals surface area contributed by atoms with Crippen molar-refractivity contribution in [3.05, 3.63) is 28.5 Å². The molecule has 0 aliphatic heterocycles. The SMILES string of the molecule is CC(NC(=O)C(C)(C)C)C(=O)Nc1ccc(Br)cc1F. The number of benzene rings is 1. The van der Waals surface area contributed by atoms with Crippen LogP contribution in [0.4, 0.5) is 10.1 Å². The van der Waals surface area contributed by atoms with E-state index in [2.05, 4.69) is 26.6 Å². The van der Waals surface area contributed by atoms with Crippen LogP contribution >= 0.6 is 15.9 Å². The van der Waals surface area contributed by atoms with Gasteiger partial charge in [0.25, 0.3) is 0 Å². The highest BCUT2D eigenvalue weighted by Crippen LogP contribution is 2.19. The van der Waals surface area contributed by atoms with E-state index in [9.17, 15) is 14.0 Å². The predicted molar refractivity (Wildman–Crippen MR) is 79.8 cm³/mol. The zero-order valence-electron chi connectivity index (χ0n) is 11.9. The number of nitrogens with one attached hydrogen (secondary N) is 2. The first-order valence-corrected chi connectivity index (χ1v) is 6.97. The molecule has 0 aliphatic rings. The van der Waals surface area contributed by atoms with Crippen LogP contribution in [0, 0.1) is 11.2 Å². The van der Waals surface area contributed by atoms with Crippen molar-refractivity contribution < 1.29 is 14.0 Å². The van der Waals surface area contributed by atoms with E-state index in [4.69, 9.17) is 0 Å². The van der Waals surface area contributed by atoms with Gasteiger partial charge >= 0.3 is 0 Å². The summed E-state index contributed by atoms with van der Waals surface area (Å²) in [5, 5.41) is 5.03. The minimum absolute atomic E-state index is 0.0788. The Hall–Kier alpha value is -1.43. The van der Waals surface area contributed by atoms with Crippen molar-refractivity contribution in [1.29, 1.82) is 0 Å². The molecule has 0 radical (unpaired) electrons. The number of carbonyl (C=O) groups is 2. The molecule has 1 rings (SSSR count). The van der Waals surface area contributed by atoms with Crippen LogP contribution in [0.1, 0.15) is 27.7 Å². The third-order valence-electron chi connectivity index (χ3n) is 2.61. The van der Waals surface area contributed by atoms with Gasteiger partial charge in [-0.1, -0.05) is 36.7 Å². The molecule has 2 amide bonds. The molecule has 0 saturated carbocycles. The molecule has 2 N–H and O–H groups in total. The molecule has 1 aromatic carbocycles. The highest BCUT2D eigenvalue weighted by Gasteiger charge is 2.25. The van der Waals surface area contributed by atoms with Crippen molar-refractivity contribution in [1.82, 2.24) is 5.32 Å². The van der Waals surface area contributed by atoms with Gasteiger partial charge in [0, 0.05) is 9.89 Å². The van der Waals surface area contributed by atoms with Crippen LogP contribution in [0.25, 0.3) is 0 Å². The number of anilines is 1. The van der Waals surface area contributed by atoms with E-state index < -0.39 is 23.2 Å². The van der Waals surface area contributed by atoms with Gasteiger partial charge in [0.05, 0.1) is 5.69 Å². The molecule has 0 spiro atoms. The standard InChI is InChI=1S/C14H18BrFN2O2/c1-8(17-13(20)14(2,3)4)12(19)18-11-6-5-9(15)7-10(11)16/h5-8H,1-4H3,(H,17,20)(H,18,19). The molecule has 0 aliphatic carbocycles. The van der Waals surface area contributed by atoms with Gasteiger partial charge in [0.15, 0.2) is 0 Å². The second kappa shape index (κ2) is 6.35. The minimum Gasteiger partial charge on any atom is -0.344 e. The average Bonchev–Trinajstić information content (AvgIpc) is 2.31. The maximum absolute atomic E-state index is 13.6. The van der Waals surface area contributed by atoms with E-state index in [0.717, 1.165) is 0 Å². The van der Waals surface area contributed by atoms with E-state index in [1.807, 2.05) is 0 Å². The van der Waals surface area contributed by atoms with Crippen LogP contribution in [0.2, 0.25) is 0 Å². The van der Waals surface area contributed by atoms with Crippen molar-refractivity contribution in [2.45, 2.75) is 33.7 Å². The molecule has 20 heavy (non-hydrogen) atoms. The van der Waals surface area contributed by atoms with Crippen LogP contribution in [-0.4, -0.2) is 17.9 Å². The third kappa shape index (κ3) is 4.59. The summed E-state index contributed by atoms with van der Waals surface area (Å²) in [4.78, 5) is 23.7. The van der Waals surface area contributed by atoms with Gasteiger partial charge in [0.1, 0.15) is 11.9 Å². The third-order valence-corrected chi connectivity index (χ3v) is 3.10. The minimum atomic E-state index is -0.746. The molecule has 6 heteroatoms. The summed E-state index contributed by atoms with van der Waals surface area (Å²) in [6.07, 6.45) is 0. The Balaban J connectivity index is 2.69. The largest absolute Gasteiger partial charge is 0.344 e. The summed E-state index contributed by atoms with van der Waals surface area (Å²) >= 11 is 3.14. The Morgan fingerprint density at radius 3 is 2.40 bits per heavy atom. The molecular weight excluding hydrogens is 327 g/mol. The fraction of sp³-hybridized carbons (Fsp3) is 0.429. The lowest BCUT2D eigenvalue weighted by Crippen LogP contribution is -2.46. The Labute approximate surface area is 126 Å². The van der Waals surface area contributed by atoms with Crippen molar-refractivity contribution in [2.75, 3.05) is 5.32 Å². The second-order valence-corrected chi connectivity index (χ2v) is 6.47. The summed E-state index contributed by atoms with van der Waals surface area (Å²) in [5.41, 5.74) is -0.507. The lowest BCUT2D eigenvalue weighted by atomic mass is 9.95. The molecule has 4 nitrogen and oxygen atoms in total. The second-order valence-electron chi connectivity index (χ2n) is 5.56. The van der Waals surface area contributed by atoms with Crippen molar-refractivity contribution in [3.8, 4) is 0 Å². The Morgan fingerprint density at radius 2 is 1.90 bits per heavy atom. The van der Waals surface area contributed by atoms with Crippen molar-refractivity contribution in [2.24, 2.45) is 5.41 Å². The number of hydrogen-bond acceptors (Lipinski definition) is 2. The van der Waals surface area contributed by atoms with Gasteiger partial charge in [-0.2, -0.15) is 0 Å². The quantitative estimate of drug-likeness (QED) is 0.885. The number of carbonyl (C=O) groups excluding carboxylic acids is 2. The van der Waals surface area contributed by atoms with Crippen LogP contribution in [-0.2, 0) is 9.59 Å². The molecule has 0 fully saturated rings. The van der Waals surface area contributed by atoms with Gasteiger partial charge < -0.3 is 10.6 Å². The van der Waals surface area contributed by atoms with Crippen molar-refractivity contribution >= 4 is 33.4 Å². The van der Waals surface area contributed by atoms with Gasteiger partial charge in [-0.05, 0) is 25.1 Å². The molecule has 1 aromatic rings. The van der Waals surface area contributed by atoms with E-state index >= 15 is 0 Å². The number of hydrogen-bond donors (Lipinski definition) is 2. The molecule has 1 atom stereocenters. The van der Waals surface area contributed by atoms with Crippen LogP contribution < -0.4 is 10.6 Å². The Bertz CT molecular complexity index is 526. The summed E-state index contributed by atoms with van der Waals surface area (Å²) < 4.78 is 14.2. The summed E-state index contributed by atoms with van der Waals surface area (Å²) in [7, 11) is 0. The van der Waals surface area contributed by atoms with Crippen LogP contribution in [0.3, 0.4) is 0 Å². The van der Waals surface area contributed by atoms with Gasteiger partial charge in [-0.15, -0.1) is 0 Å². The lowest BCUT2D eigenvalue weighted by molar-refractivity contribution is -0.131. The monoisotopic (exact) mass is 344 g/mol. The summed E-state index contributed by atoms with van der Waals surface area (Å²) in [6, 6.07) is 3.59. The molecule has 110 valence electrons. The first-order valence-electron chi connectivity index (χ1n) is 6.18.